The third-order valence-corrected chi connectivity index (χ3v) is 3.97. The molecule has 4 unspecified atom stereocenters. The van der Waals surface area contributed by atoms with Crippen LogP contribution < -0.4 is 0 Å². The van der Waals surface area contributed by atoms with Gasteiger partial charge >= 0.3 is 5.97 Å². The number of ether oxygens (including phenoxy) is 2. The summed E-state index contributed by atoms with van der Waals surface area (Å²) in [4.78, 5) is 11.4. The van der Waals surface area contributed by atoms with E-state index < -0.39 is 23.8 Å². The number of carboxylic acid groups (broad SMARTS) is 1. The number of carboxylic acids is 1. The Kier molecular flexibility index (Phi) is 7.44. The highest BCUT2D eigenvalue weighted by Gasteiger charge is 2.58. The molecule has 2 bridgehead atoms. The van der Waals surface area contributed by atoms with E-state index >= 15 is 0 Å². The maximum absolute atomic E-state index is 11.4. The average molecular weight is 318 g/mol. The molecular formula is C15H26O7. The van der Waals surface area contributed by atoms with Crippen LogP contribution in [0.4, 0.5) is 0 Å². The van der Waals surface area contributed by atoms with Crippen LogP contribution in [-0.4, -0.2) is 58.8 Å². The van der Waals surface area contributed by atoms with Gasteiger partial charge in [-0.3, -0.25) is 4.79 Å². The molecule has 0 radical (unpaired) electrons. The molecule has 0 saturated heterocycles. The Bertz CT molecular complexity index is 374. The van der Waals surface area contributed by atoms with E-state index in [9.17, 15) is 15.0 Å². The number of aliphatic carboxylic acids is 1. The molecule has 4 N–H and O–H groups in total. The fourth-order valence-corrected chi connectivity index (χ4v) is 3.27. The quantitative estimate of drug-likeness (QED) is 0.373. The highest BCUT2D eigenvalue weighted by molar-refractivity contribution is 5.72. The first-order chi connectivity index (χ1) is 10.5. The van der Waals surface area contributed by atoms with Crippen molar-refractivity contribution in [2.75, 3.05) is 26.4 Å². The molecule has 0 aromatic rings. The van der Waals surface area contributed by atoms with E-state index in [1.165, 1.54) is 0 Å². The minimum Gasteiger partial charge on any atom is -0.481 e. The Morgan fingerprint density at radius 2 is 1.64 bits per heavy atom. The molecule has 0 amide bonds. The molecule has 2 rings (SSSR count). The van der Waals surface area contributed by atoms with Crippen molar-refractivity contribution in [2.24, 2.45) is 23.7 Å². The van der Waals surface area contributed by atoms with Gasteiger partial charge in [0, 0.05) is 0 Å². The number of hydrogen-bond donors (Lipinski definition) is 4. The van der Waals surface area contributed by atoms with Crippen molar-refractivity contribution in [3.8, 4) is 0 Å². The van der Waals surface area contributed by atoms with E-state index in [0.29, 0.717) is 6.42 Å². The van der Waals surface area contributed by atoms with Crippen LogP contribution in [0.5, 0.6) is 0 Å². The molecule has 2 aliphatic carbocycles. The van der Waals surface area contributed by atoms with Crippen LogP contribution in [0, 0.1) is 23.7 Å². The molecule has 4 atom stereocenters. The smallest absolute Gasteiger partial charge is 0.307 e. The summed E-state index contributed by atoms with van der Waals surface area (Å²) in [5.41, 5.74) is 0. The fraction of sp³-hybridized carbons (Fsp3) is 0.800. The van der Waals surface area contributed by atoms with Crippen molar-refractivity contribution in [3.05, 3.63) is 12.2 Å². The molecule has 0 aromatic heterocycles. The van der Waals surface area contributed by atoms with Crippen LogP contribution >= 0.6 is 0 Å². The molecule has 0 heterocycles. The predicted octanol–water partition coefficient (Wildman–Crippen LogP) is 0.199. The van der Waals surface area contributed by atoms with Gasteiger partial charge in [0.05, 0.1) is 38.3 Å². The SMILES string of the molecule is CC.O=C(O)C1C2C=CC(C2)C1C(O)(OCCO)OCCO. The third-order valence-electron chi connectivity index (χ3n) is 3.97. The van der Waals surface area contributed by atoms with Gasteiger partial charge in [-0.05, 0) is 18.3 Å². The summed E-state index contributed by atoms with van der Waals surface area (Å²) in [6.07, 6.45) is 4.34. The van der Waals surface area contributed by atoms with Crippen molar-refractivity contribution in [1.29, 1.82) is 0 Å². The lowest BCUT2D eigenvalue weighted by molar-refractivity contribution is -0.395. The fourth-order valence-electron chi connectivity index (χ4n) is 3.27. The van der Waals surface area contributed by atoms with Crippen LogP contribution in [0.1, 0.15) is 20.3 Å². The average Bonchev–Trinajstić information content (AvgIpc) is 3.14. The van der Waals surface area contributed by atoms with Crippen molar-refractivity contribution < 1.29 is 34.7 Å². The van der Waals surface area contributed by atoms with Gasteiger partial charge in [-0.1, -0.05) is 26.0 Å². The maximum Gasteiger partial charge on any atom is 0.307 e. The highest BCUT2D eigenvalue weighted by Crippen LogP contribution is 2.52. The first-order valence-corrected chi connectivity index (χ1v) is 7.66. The van der Waals surface area contributed by atoms with Crippen LogP contribution in [0.25, 0.3) is 0 Å². The number of hydrogen-bond acceptors (Lipinski definition) is 6. The molecule has 22 heavy (non-hydrogen) atoms. The predicted molar refractivity (Wildman–Crippen MR) is 77.7 cm³/mol. The number of allylic oxidation sites excluding steroid dienone is 2. The Morgan fingerprint density at radius 1 is 1.14 bits per heavy atom. The van der Waals surface area contributed by atoms with Gasteiger partial charge in [-0.2, -0.15) is 0 Å². The maximum atomic E-state index is 11.4. The van der Waals surface area contributed by atoms with E-state index in [2.05, 4.69) is 0 Å². The lowest BCUT2D eigenvalue weighted by atomic mass is 9.81. The minimum atomic E-state index is -2.11. The van der Waals surface area contributed by atoms with Gasteiger partial charge in [0.2, 0.25) is 0 Å². The minimum absolute atomic E-state index is 0.149. The lowest BCUT2D eigenvalue weighted by Crippen LogP contribution is -2.51. The van der Waals surface area contributed by atoms with Crippen molar-refractivity contribution in [2.45, 2.75) is 26.2 Å². The summed E-state index contributed by atoms with van der Waals surface area (Å²) in [7, 11) is 0. The molecular weight excluding hydrogens is 292 g/mol. The standard InChI is InChI=1S/C13H20O7.C2H6/c14-3-5-19-13(18,20-6-4-15)11-9-2-1-8(7-9)10(11)12(16)17;1-2/h1-2,8-11,14-15,18H,3-7H2,(H,16,17);1-2H3. The molecule has 1 saturated carbocycles. The summed E-state index contributed by atoms with van der Waals surface area (Å²) in [5, 5.41) is 37.6. The molecule has 128 valence electrons. The van der Waals surface area contributed by atoms with E-state index in [1.54, 1.807) is 0 Å². The zero-order chi connectivity index (χ0) is 16.8. The topological polar surface area (TPSA) is 116 Å². The van der Waals surface area contributed by atoms with E-state index in [0.717, 1.165) is 0 Å². The van der Waals surface area contributed by atoms with Gasteiger partial charge in [0.25, 0.3) is 5.97 Å². The van der Waals surface area contributed by atoms with Gasteiger partial charge in [-0.15, -0.1) is 0 Å². The first kappa shape index (κ1) is 19.1. The Hall–Kier alpha value is -0.990. The summed E-state index contributed by atoms with van der Waals surface area (Å²) in [5.74, 6) is -4.97. The summed E-state index contributed by atoms with van der Waals surface area (Å²) < 4.78 is 10.3. The van der Waals surface area contributed by atoms with Crippen molar-refractivity contribution >= 4 is 5.97 Å². The molecule has 0 aliphatic heterocycles. The monoisotopic (exact) mass is 318 g/mol. The van der Waals surface area contributed by atoms with Gasteiger partial charge in [0.15, 0.2) is 0 Å². The second-order valence-corrected chi connectivity index (χ2v) is 5.11. The highest BCUT2D eigenvalue weighted by atomic mass is 16.8. The van der Waals surface area contributed by atoms with E-state index in [-0.39, 0.29) is 38.3 Å². The van der Waals surface area contributed by atoms with Crippen LogP contribution in [0.15, 0.2) is 12.2 Å². The second-order valence-electron chi connectivity index (χ2n) is 5.11. The number of aliphatic hydroxyl groups excluding tert-OH is 2. The van der Waals surface area contributed by atoms with Crippen LogP contribution in [0.3, 0.4) is 0 Å². The first-order valence-electron chi connectivity index (χ1n) is 7.66. The second kappa shape index (κ2) is 8.59. The number of aliphatic hydroxyl groups is 3. The largest absolute Gasteiger partial charge is 0.481 e. The summed E-state index contributed by atoms with van der Waals surface area (Å²) in [6, 6.07) is 0. The zero-order valence-electron chi connectivity index (χ0n) is 13.0. The normalized spacial score (nSPS) is 29.3. The van der Waals surface area contributed by atoms with Gasteiger partial charge in [0.1, 0.15) is 0 Å². The lowest BCUT2D eigenvalue weighted by Gasteiger charge is -2.38. The number of fused-ring (bicyclic) bond motifs is 2. The summed E-state index contributed by atoms with van der Waals surface area (Å²) in [6.45, 7) is 3.01. The zero-order valence-corrected chi connectivity index (χ0v) is 13.0. The molecule has 0 aromatic carbocycles. The number of rotatable bonds is 8. The summed E-state index contributed by atoms with van der Waals surface area (Å²) >= 11 is 0. The Morgan fingerprint density at radius 3 is 2.09 bits per heavy atom. The Labute approximate surface area is 130 Å². The van der Waals surface area contributed by atoms with Crippen LogP contribution in [0.2, 0.25) is 0 Å². The van der Waals surface area contributed by atoms with Crippen molar-refractivity contribution in [3.63, 3.8) is 0 Å². The van der Waals surface area contributed by atoms with Gasteiger partial charge in [-0.25, -0.2) is 0 Å². The molecule has 7 heteroatoms. The molecule has 2 aliphatic rings. The Balaban J connectivity index is 0.00000116. The third kappa shape index (κ3) is 3.85. The van der Waals surface area contributed by atoms with Gasteiger partial charge < -0.3 is 29.9 Å². The van der Waals surface area contributed by atoms with Crippen LogP contribution in [-0.2, 0) is 14.3 Å². The molecule has 7 nitrogen and oxygen atoms in total. The number of carbonyl (C=O) groups is 1. The molecule has 0 spiro atoms. The molecule has 1 fully saturated rings. The van der Waals surface area contributed by atoms with Crippen molar-refractivity contribution in [1.82, 2.24) is 0 Å². The van der Waals surface area contributed by atoms with E-state index in [4.69, 9.17) is 19.7 Å². The van der Waals surface area contributed by atoms with E-state index in [1.807, 2.05) is 26.0 Å².